The lowest BCUT2D eigenvalue weighted by Crippen LogP contribution is -1.92. The van der Waals surface area contributed by atoms with Crippen LogP contribution in [0.5, 0.6) is 0 Å². The van der Waals surface area contributed by atoms with Gasteiger partial charge in [0.05, 0.1) is 24.1 Å². The van der Waals surface area contributed by atoms with Crippen molar-refractivity contribution >= 4 is 0 Å². The number of nitrogens with zero attached hydrogens (tertiary/aromatic N) is 3. The van der Waals surface area contributed by atoms with Crippen molar-refractivity contribution in [1.82, 2.24) is 0 Å². The van der Waals surface area contributed by atoms with E-state index in [1.54, 1.807) is 6.08 Å². The van der Waals surface area contributed by atoms with Gasteiger partial charge in [0, 0.05) is 12.5 Å². The summed E-state index contributed by atoms with van der Waals surface area (Å²) in [5.41, 5.74) is 0. The number of hydrogen-bond acceptors (Lipinski definition) is 3. The summed E-state index contributed by atoms with van der Waals surface area (Å²) in [4.78, 5) is 0. The molecule has 0 saturated heterocycles. The Morgan fingerprint density at radius 3 is 2.43 bits per heavy atom. The molecule has 0 aromatic heterocycles. The fourth-order valence-corrected chi connectivity index (χ4v) is 1.11. The van der Waals surface area contributed by atoms with E-state index in [0.717, 1.165) is 25.7 Å². The molecule has 3 nitrogen and oxygen atoms in total. The van der Waals surface area contributed by atoms with Gasteiger partial charge in [0.25, 0.3) is 0 Å². The molecule has 1 atom stereocenters. The smallest absolute Gasteiger partial charge is 0.0909 e. The predicted octanol–water partition coefficient (Wildman–Crippen LogP) is 2.68. The van der Waals surface area contributed by atoms with Crippen molar-refractivity contribution in [2.24, 2.45) is 5.92 Å². The SMILES string of the molecule is N#CC=CC(C#N)CCCCCC#N. The van der Waals surface area contributed by atoms with E-state index in [1.165, 1.54) is 6.08 Å². The van der Waals surface area contributed by atoms with Gasteiger partial charge in [-0.3, -0.25) is 0 Å². The Bertz CT molecular complexity index is 285. The molecule has 1 unspecified atom stereocenters. The van der Waals surface area contributed by atoms with Crippen LogP contribution in [0, 0.1) is 39.9 Å². The molecule has 0 fully saturated rings. The fourth-order valence-electron chi connectivity index (χ4n) is 1.11. The average molecular weight is 187 g/mol. The van der Waals surface area contributed by atoms with E-state index in [2.05, 4.69) is 12.1 Å². The van der Waals surface area contributed by atoms with Crippen LogP contribution < -0.4 is 0 Å². The van der Waals surface area contributed by atoms with E-state index in [4.69, 9.17) is 15.8 Å². The van der Waals surface area contributed by atoms with Crippen molar-refractivity contribution in [3.63, 3.8) is 0 Å². The average Bonchev–Trinajstić information content (AvgIpc) is 2.22. The second kappa shape index (κ2) is 9.30. The Labute approximate surface area is 84.9 Å². The Morgan fingerprint density at radius 2 is 1.86 bits per heavy atom. The van der Waals surface area contributed by atoms with Crippen LogP contribution in [0.15, 0.2) is 12.2 Å². The van der Waals surface area contributed by atoms with Gasteiger partial charge in [-0.2, -0.15) is 15.8 Å². The highest BCUT2D eigenvalue weighted by Gasteiger charge is 2.01. The Hall–Kier alpha value is -1.79. The Kier molecular flexibility index (Phi) is 8.11. The lowest BCUT2D eigenvalue weighted by molar-refractivity contribution is 0.606. The highest BCUT2D eigenvalue weighted by molar-refractivity contribution is 5.08. The van der Waals surface area contributed by atoms with E-state index in [9.17, 15) is 0 Å². The molecule has 72 valence electrons. The first-order chi connectivity index (χ1) is 6.85. The van der Waals surface area contributed by atoms with Crippen LogP contribution in [0.2, 0.25) is 0 Å². The molecule has 0 aliphatic heterocycles. The van der Waals surface area contributed by atoms with Crippen LogP contribution in [-0.2, 0) is 0 Å². The van der Waals surface area contributed by atoms with Gasteiger partial charge in [-0.15, -0.1) is 0 Å². The molecule has 0 N–H and O–H groups in total. The zero-order valence-corrected chi connectivity index (χ0v) is 8.11. The zero-order chi connectivity index (χ0) is 10.6. The summed E-state index contributed by atoms with van der Waals surface area (Å²) in [6.45, 7) is 0. The normalized spacial score (nSPS) is 11.5. The van der Waals surface area contributed by atoms with Gasteiger partial charge >= 0.3 is 0 Å². The fraction of sp³-hybridized carbons (Fsp3) is 0.545. The van der Waals surface area contributed by atoms with Crippen molar-refractivity contribution in [3.8, 4) is 18.2 Å². The van der Waals surface area contributed by atoms with E-state index >= 15 is 0 Å². The third-order valence-electron chi connectivity index (χ3n) is 1.87. The van der Waals surface area contributed by atoms with Crippen LogP contribution >= 0.6 is 0 Å². The number of allylic oxidation sites excluding steroid dienone is 2. The highest BCUT2D eigenvalue weighted by atomic mass is 14.3. The molecule has 0 aromatic rings. The quantitative estimate of drug-likeness (QED) is 0.474. The first-order valence-electron chi connectivity index (χ1n) is 4.68. The number of nitriles is 3. The minimum Gasteiger partial charge on any atom is -0.198 e. The first-order valence-corrected chi connectivity index (χ1v) is 4.68. The van der Waals surface area contributed by atoms with Gasteiger partial charge in [0.1, 0.15) is 0 Å². The van der Waals surface area contributed by atoms with Gasteiger partial charge < -0.3 is 0 Å². The lowest BCUT2D eigenvalue weighted by Gasteiger charge is -2.01. The third-order valence-corrected chi connectivity index (χ3v) is 1.87. The molecule has 0 heterocycles. The molecular weight excluding hydrogens is 174 g/mol. The second-order valence-corrected chi connectivity index (χ2v) is 2.98. The molecule has 0 bridgehead atoms. The standard InChI is InChI=1S/C11H13N3/c12-8-4-2-1-3-6-11(10-14)7-5-9-13/h5,7,11H,1-4,6H2. The van der Waals surface area contributed by atoms with Crippen LogP contribution in [-0.4, -0.2) is 0 Å². The molecule has 0 rings (SSSR count). The monoisotopic (exact) mass is 187 g/mol. The minimum atomic E-state index is -0.156. The van der Waals surface area contributed by atoms with E-state index in [1.807, 2.05) is 6.07 Å². The third kappa shape index (κ3) is 6.89. The van der Waals surface area contributed by atoms with Crippen molar-refractivity contribution in [2.75, 3.05) is 0 Å². The topological polar surface area (TPSA) is 71.4 Å². The van der Waals surface area contributed by atoms with Gasteiger partial charge in [-0.05, 0) is 12.8 Å². The maximum atomic E-state index is 8.69. The summed E-state index contributed by atoms with van der Waals surface area (Å²) < 4.78 is 0. The van der Waals surface area contributed by atoms with E-state index < -0.39 is 0 Å². The van der Waals surface area contributed by atoms with Gasteiger partial charge in [-0.25, -0.2) is 0 Å². The maximum Gasteiger partial charge on any atom is 0.0909 e. The largest absolute Gasteiger partial charge is 0.198 e. The maximum absolute atomic E-state index is 8.69. The van der Waals surface area contributed by atoms with Crippen LogP contribution in [0.25, 0.3) is 0 Å². The van der Waals surface area contributed by atoms with Crippen molar-refractivity contribution in [3.05, 3.63) is 12.2 Å². The Balaban J connectivity index is 3.56. The van der Waals surface area contributed by atoms with Gasteiger partial charge in [0.15, 0.2) is 0 Å². The minimum absolute atomic E-state index is 0.156. The zero-order valence-electron chi connectivity index (χ0n) is 8.11. The number of unbranched alkanes of at least 4 members (excludes halogenated alkanes) is 3. The van der Waals surface area contributed by atoms with Gasteiger partial charge in [0.2, 0.25) is 0 Å². The summed E-state index contributed by atoms with van der Waals surface area (Å²) in [5, 5.41) is 25.2. The van der Waals surface area contributed by atoms with Crippen molar-refractivity contribution in [1.29, 1.82) is 15.8 Å². The molecule has 0 aliphatic rings. The molecule has 0 aromatic carbocycles. The first kappa shape index (κ1) is 12.2. The molecule has 0 spiro atoms. The molecule has 0 saturated carbocycles. The molecule has 0 radical (unpaired) electrons. The van der Waals surface area contributed by atoms with Gasteiger partial charge in [-0.1, -0.05) is 18.9 Å². The number of rotatable bonds is 6. The van der Waals surface area contributed by atoms with Crippen molar-refractivity contribution in [2.45, 2.75) is 32.1 Å². The Morgan fingerprint density at radius 1 is 1.07 bits per heavy atom. The summed E-state index contributed by atoms with van der Waals surface area (Å²) in [7, 11) is 0. The predicted molar refractivity (Wildman–Crippen MR) is 52.6 cm³/mol. The summed E-state index contributed by atoms with van der Waals surface area (Å²) >= 11 is 0. The summed E-state index contributed by atoms with van der Waals surface area (Å²) in [6.07, 6.45) is 7.16. The van der Waals surface area contributed by atoms with Crippen LogP contribution in [0.1, 0.15) is 32.1 Å². The second-order valence-electron chi connectivity index (χ2n) is 2.98. The van der Waals surface area contributed by atoms with E-state index in [0.29, 0.717) is 6.42 Å². The molecular formula is C11H13N3. The number of hydrogen-bond donors (Lipinski definition) is 0. The van der Waals surface area contributed by atoms with Crippen molar-refractivity contribution < 1.29 is 0 Å². The summed E-state index contributed by atoms with van der Waals surface area (Å²) in [6, 6.07) is 6.08. The van der Waals surface area contributed by atoms with E-state index in [-0.39, 0.29) is 5.92 Å². The molecule has 14 heavy (non-hydrogen) atoms. The molecule has 0 aliphatic carbocycles. The van der Waals surface area contributed by atoms with Crippen LogP contribution in [0.4, 0.5) is 0 Å². The molecule has 3 heteroatoms. The summed E-state index contributed by atoms with van der Waals surface area (Å²) in [5.74, 6) is -0.156. The lowest BCUT2D eigenvalue weighted by atomic mass is 10.0. The highest BCUT2D eigenvalue weighted by Crippen LogP contribution is 2.11. The molecule has 0 amide bonds. The van der Waals surface area contributed by atoms with Crippen LogP contribution in [0.3, 0.4) is 0 Å².